The first kappa shape index (κ1) is 18.7. The summed E-state index contributed by atoms with van der Waals surface area (Å²) in [4.78, 5) is 0. The number of aliphatic hydroxyl groups is 2. The molecule has 140 valence electrons. The fourth-order valence-corrected chi connectivity index (χ4v) is 2.33. The molecule has 0 saturated carbocycles. The molecule has 0 unspecified atom stereocenters. The zero-order chi connectivity index (χ0) is 19.0. The van der Waals surface area contributed by atoms with E-state index in [1.165, 1.54) is 0 Å². The van der Waals surface area contributed by atoms with Crippen molar-refractivity contribution in [2.24, 2.45) is 0 Å². The van der Waals surface area contributed by atoms with Crippen LogP contribution in [0.1, 0.15) is 0 Å². The molecule has 2 N–H and O–H groups in total. The second-order valence-corrected chi connectivity index (χ2v) is 5.57. The zero-order valence-electron chi connectivity index (χ0n) is 14.5. The minimum absolute atomic E-state index is 0.413. The van der Waals surface area contributed by atoms with Gasteiger partial charge in [-0.25, -0.2) is 0 Å². The van der Waals surface area contributed by atoms with E-state index in [9.17, 15) is 10.2 Å². The Morgan fingerprint density at radius 2 is 0.926 bits per heavy atom. The summed E-state index contributed by atoms with van der Waals surface area (Å²) in [5, 5.41) is 18.4. The van der Waals surface area contributed by atoms with Gasteiger partial charge in [-0.1, -0.05) is 54.6 Å². The molecule has 0 fully saturated rings. The zero-order valence-corrected chi connectivity index (χ0v) is 14.5. The highest BCUT2D eigenvalue weighted by atomic mass is 16.9. The summed E-state index contributed by atoms with van der Waals surface area (Å²) in [5.41, 5.74) is 0. The standard InChI is InChI=1S/C21H20O6/c22-20(23)24-16-21(25-17-10-4-1-5-11-17,26-18-12-6-2-7-13-18)27-19-14-8-3-9-15-19/h1-15,20,22-23H,16H2. The van der Waals surface area contributed by atoms with E-state index in [0.29, 0.717) is 17.2 Å². The molecular formula is C21H20O6. The first-order valence-electron chi connectivity index (χ1n) is 8.35. The highest BCUT2D eigenvalue weighted by molar-refractivity contribution is 5.26. The molecule has 6 heteroatoms. The van der Waals surface area contributed by atoms with Crippen molar-refractivity contribution in [3.8, 4) is 17.2 Å². The minimum Gasteiger partial charge on any atom is -0.419 e. The minimum atomic E-state index is -2.01. The Labute approximate surface area is 157 Å². The summed E-state index contributed by atoms with van der Waals surface area (Å²) in [5.74, 6) is -0.422. The van der Waals surface area contributed by atoms with Crippen LogP contribution in [0.2, 0.25) is 0 Å². The highest BCUT2D eigenvalue weighted by Gasteiger charge is 2.40. The molecule has 0 heterocycles. The van der Waals surface area contributed by atoms with Crippen molar-refractivity contribution in [3.05, 3.63) is 91.0 Å². The molecule has 0 bridgehead atoms. The van der Waals surface area contributed by atoms with E-state index >= 15 is 0 Å². The Bertz CT molecular complexity index is 691. The van der Waals surface area contributed by atoms with Gasteiger partial charge in [0, 0.05) is 0 Å². The number of benzene rings is 3. The van der Waals surface area contributed by atoms with Crippen molar-refractivity contribution in [2.75, 3.05) is 6.61 Å². The van der Waals surface area contributed by atoms with Gasteiger partial charge < -0.3 is 29.2 Å². The molecule has 27 heavy (non-hydrogen) atoms. The maximum Gasteiger partial charge on any atom is 0.442 e. The van der Waals surface area contributed by atoms with Crippen LogP contribution in [0, 0.1) is 0 Å². The van der Waals surface area contributed by atoms with Crippen molar-refractivity contribution < 1.29 is 29.2 Å². The molecule has 3 rings (SSSR count). The number of para-hydroxylation sites is 3. The fourth-order valence-electron chi connectivity index (χ4n) is 2.33. The number of hydrogen-bond donors (Lipinski definition) is 2. The van der Waals surface area contributed by atoms with E-state index in [0.717, 1.165) is 0 Å². The topological polar surface area (TPSA) is 77.4 Å². The lowest BCUT2D eigenvalue weighted by atomic mass is 10.3. The predicted molar refractivity (Wildman–Crippen MR) is 98.1 cm³/mol. The van der Waals surface area contributed by atoms with Crippen LogP contribution in [-0.4, -0.2) is 29.3 Å². The van der Waals surface area contributed by atoms with Crippen molar-refractivity contribution in [2.45, 2.75) is 12.4 Å². The van der Waals surface area contributed by atoms with E-state index in [-0.39, 0.29) is 0 Å². The number of hydrogen-bond acceptors (Lipinski definition) is 6. The van der Waals surface area contributed by atoms with Crippen LogP contribution >= 0.6 is 0 Å². The Hall–Kier alpha value is -3.06. The predicted octanol–water partition coefficient (Wildman–Crippen LogP) is 3.16. The summed E-state index contributed by atoms with van der Waals surface area (Å²) < 4.78 is 22.9. The van der Waals surface area contributed by atoms with E-state index in [2.05, 4.69) is 0 Å². The molecule has 0 saturated heterocycles. The summed E-state index contributed by atoms with van der Waals surface area (Å²) in [6, 6.07) is 26.7. The summed E-state index contributed by atoms with van der Waals surface area (Å²) in [6.07, 6.45) is 0. The van der Waals surface area contributed by atoms with Crippen molar-refractivity contribution >= 4 is 0 Å². The molecule has 0 atom stereocenters. The average Bonchev–Trinajstić information content (AvgIpc) is 2.69. The lowest BCUT2D eigenvalue weighted by Crippen LogP contribution is -2.53. The van der Waals surface area contributed by atoms with Crippen LogP contribution in [0.3, 0.4) is 0 Å². The highest BCUT2D eigenvalue weighted by Crippen LogP contribution is 2.27. The normalized spacial score (nSPS) is 11.2. The van der Waals surface area contributed by atoms with Gasteiger partial charge in [0.25, 0.3) is 6.48 Å². The maximum absolute atomic E-state index is 9.18. The van der Waals surface area contributed by atoms with Gasteiger partial charge in [-0.3, -0.25) is 0 Å². The third-order valence-electron chi connectivity index (χ3n) is 3.46. The molecule has 0 aliphatic rings. The van der Waals surface area contributed by atoms with Gasteiger partial charge in [-0.2, -0.15) is 0 Å². The van der Waals surface area contributed by atoms with Crippen molar-refractivity contribution in [1.29, 1.82) is 0 Å². The lowest BCUT2D eigenvalue weighted by molar-refractivity contribution is -0.325. The van der Waals surface area contributed by atoms with Gasteiger partial charge in [0.1, 0.15) is 17.2 Å². The summed E-state index contributed by atoms with van der Waals surface area (Å²) in [7, 11) is 0. The van der Waals surface area contributed by atoms with Crippen LogP contribution in [0.15, 0.2) is 91.0 Å². The van der Waals surface area contributed by atoms with Gasteiger partial charge in [0.2, 0.25) is 0 Å². The van der Waals surface area contributed by atoms with Crippen molar-refractivity contribution in [3.63, 3.8) is 0 Å². The SMILES string of the molecule is OC(O)OCC(Oc1ccccc1)(Oc1ccccc1)Oc1ccccc1. The van der Waals surface area contributed by atoms with E-state index < -0.39 is 19.1 Å². The number of aliphatic hydroxyl groups excluding tert-OH is 1. The Balaban J connectivity index is 1.95. The Morgan fingerprint density at radius 1 is 0.593 bits per heavy atom. The first-order chi connectivity index (χ1) is 13.2. The Kier molecular flexibility index (Phi) is 6.27. The number of rotatable bonds is 9. The summed E-state index contributed by atoms with van der Waals surface area (Å²) in [6.45, 7) is -2.42. The number of ether oxygens (including phenoxy) is 4. The Morgan fingerprint density at radius 3 is 1.22 bits per heavy atom. The maximum atomic E-state index is 9.18. The molecular weight excluding hydrogens is 348 g/mol. The molecule has 0 aliphatic carbocycles. The molecule has 0 aromatic heterocycles. The van der Waals surface area contributed by atoms with Crippen LogP contribution in [0.25, 0.3) is 0 Å². The third kappa shape index (κ3) is 5.72. The lowest BCUT2D eigenvalue weighted by Gasteiger charge is -2.33. The van der Waals surface area contributed by atoms with Crippen LogP contribution in [-0.2, 0) is 4.74 Å². The van der Waals surface area contributed by atoms with Gasteiger partial charge in [-0.15, -0.1) is 0 Å². The monoisotopic (exact) mass is 368 g/mol. The van der Waals surface area contributed by atoms with Gasteiger partial charge in [0.05, 0.1) is 0 Å². The van der Waals surface area contributed by atoms with Crippen LogP contribution < -0.4 is 14.2 Å². The second-order valence-electron chi connectivity index (χ2n) is 5.57. The smallest absolute Gasteiger partial charge is 0.419 e. The molecule has 3 aromatic carbocycles. The van der Waals surface area contributed by atoms with Crippen molar-refractivity contribution in [1.82, 2.24) is 0 Å². The molecule has 3 aromatic rings. The van der Waals surface area contributed by atoms with Gasteiger partial charge >= 0.3 is 5.97 Å². The van der Waals surface area contributed by atoms with Gasteiger partial charge in [0.15, 0.2) is 6.61 Å². The molecule has 0 amide bonds. The summed E-state index contributed by atoms with van der Waals surface area (Å²) >= 11 is 0. The molecule has 6 nitrogen and oxygen atoms in total. The van der Waals surface area contributed by atoms with Crippen LogP contribution in [0.5, 0.6) is 17.2 Å². The van der Waals surface area contributed by atoms with E-state index in [1.54, 1.807) is 72.8 Å². The largest absolute Gasteiger partial charge is 0.442 e. The van der Waals surface area contributed by atoms with E-state index in [4.69, 9.17) is 18.9 Å². The second kappa shape index (κ2) is 9.05. The first-order valence-corrected chi connectivity index (χ1v) is 8.35. The molecule has 0 aliphatic heterocycles. The van der Waals surface area contributed by atoms with E-state index in [1.807, 2.05) is 18.2 Å². The van der Waals surface area contributed by atoms with Gasteiger partial charge in [-0.05, 0) is 36.4 Å². The molecule has 0 spiro atoms. The quantitative estimate of drug-likeness (QED) is 0.565. The van der Waals surface area contributed by atoms with Crippen LogP contribution in [0.4, 0.5) is 0 Å². The molecule has 0 radical (unpaired) electrons. The fraction of sp³-hybridized carbons (Fsp3) is 0.143. The average molecular weight is 368 g/mol. The third-order valence-corrected chi connectivity index (χ3v) is 3.46.